The predicted molar refractivity (Wildman–Crippen MR) is 110 cm³/mol. The minimum atomic E-state index is 0.738. The first-order valence-electron chi connectivity index (χ1n) is 7.95. The molecule has 0 bridgehead atoms. The number of rotatable bonds is 7. The van der Waals surface area contributed by atoms with Crippen molar-refractivity contribution in [2.45, 2.75) is 19.9 Å². The first-order chi connectivity index (χ1) is 11.5. The van der Waals surface area contributed by atoms with Crippen LogP contribution in [-0.2, 0) is 6.54 Å². The maximum Gasteiger partial charge on any atom is 0.173 e. The highest BCUT2D eigenvalue weighted by Gasteiger charge is 2.12. The Bertz CT molecular complexity index is 656. The molecule has 0 spiro atoms. The molecule has 130 valence electrons. The number of hydrogen-bond acceptors (Lipinski definition) is 3. The Morgan fingerprint density at radius 1 is 1.25 bits per heavy atom. The highest BCUT2D eigenvalue weighted by molar-refractivity contribution is 7.80. The third-order valence-corrected chi connectivity index (χ3v) is 5.30. The number of thiocarbonyl (C=S) groups is 1. The topological polar surface area (TPSA) is 18.5 Å². The second kappa shape index (κ2) is 9.37. The molecule has 2 rings (SSSR count). The first kappa shape index (κ1) is 19.2. The van der Waals surface area contributed by atoms with E-state index in [0.29, 0.717) is 0 Å². The van der Waals surface area contributed by atoms with Crippen LogP contribution >= 0.6 is 35.2 Å². The summed E-state index contributed by atoms with van der Waals surface area (Å²) in [4.78, 5) is 5.73. The van der Waals surface area contributed by atoms with E-state index in [1.165, 1.54) is 4.88 Å². The summed E-state index contributed by atoms with van der Waals surface area (Å²) in [6.45, 7) is 4.78. The summed E-state index contributed by atoms with van der Waals surface area (Å²) in [5.41, 5.74) is 1.99. The normalized spacial score (nSPS) is 10.9. The quantitative estimate of drug-likeness (QED) is 0.690. The molecule has 0 unspecified atom stereocenters. The van der Waals surface area contributed by atoms with E-state index in [1.54, 1.807) is 11.3 Å². The number of thiophene rings is 1. The Hall–Kier alpha value is -1.14. The van der Waals surface area contributed by atoms with Gasteiger partial charge in [-0.15, -0.1) is 11.3 Å². The molecule has 0 radical (unpaired) electrons. The molecule has 1 aromatic heterocycles. The number of hydrogen-bond donors (Lipinski definition) is 1. The van der Waals surface area contributed by atoms with Crippen molar-refractivity contribution in [2.24, 2.45) is 0 Å². The van der Waals surface area contributed by atoms with Crippen molar-refractivity contribution in [1.82, 2.24) is 9.80 Å². The minimum absolute atomic E-state index is 0.738. The van der Waals surface area contributed by atoms with Gasteiger partial charge in [-0.25, -0.2) is 0 Å². The fourth-order valence-corrected chi connectivity index (χ4v) is 3.47. The number of nitrogens with one attached hydrogen (secondary N) is 1. The Balaban J connectivity index is 2.03. The van der Waals surface area contributed by atoms with Crippen LogP contribution in [-0.4, -0.2) is 42.1 Å². The van der Waals surface area contributed by atoms with Crippen molar-refractivity contribution in [1.29, 1.82) is 0 Å². The molecule has 1 aromatic carbocycles. The second-order valence-electron chi connectivity index (χ2n) is 6.05. The molecule has 0 aliphatic rings. The van der Waals surface area contributed by atoms with Crippen LogP contribution in [0.3, 0.4) is 0 Å². The van der Waals surface area contributed by atoms with E-state index >= 15 is 0 Å². The summed E-state index contributed by atoms with van der Waals surface area (Å²) >= 11 is 13.6. The average molecular weight is 382 g/mol. The van der Waals surface area contributed by atoms with Gasteiger partial charge >= 0.3 is 0 Å². The van der Waals surface area contributed by atoms with Crippen molar-refractivity contribution in [2.75, 3.05) is 32.5 Å². The van der Waals surface area contributed by atoms with Crippen molar-refractivity contribution in [3.05, 3.63) is 51.2 Å². The Morgan fingerprint density at radius 3 is 2.67 bits per heavy atom. The van der Waals surface area contributed by atoms with Crippen molar-refractivity contribution in [3.8, 4) is 0 Å². The van der Waals surface area contributed by atoms with Crippen LogP contribution < -0.4 is 5.32 Å². The summed E-state index contributed by atoms with van der Waals surface area (Å²) in [5.74, 6) is 0. The summed E-state index contributed by atoms with van der Waals surface area (Å²) in [7, 11) is 4.18. The number of benzene rings is 1. The summed E-state index contributed by atoms with van der Waals surface area (Å²) < 4.78 is 0. The molecular weight excluding hydrogens is 358 g/mol. The summed E-state index contributed by atoms with van der Waals surface area (Å²) in [5, 5.41) is 6.91. The summed E-state index contributed by atoms with van der Waals surface area (Å²) in [6, 6.07) is 10.2. The zero-order valence-corrected chi connectivity index (χ0v) is 16.8. The van der Waals surface area contributed by atoms with Gasteiger partial charge in [0.05, 0.1) is 6.54 Å². The molecule has 0 amide bonds. The van der Waals surface area contributed by atoms with E-state index in [9.17, 15) is 0 Å². The van der Waals surface area contributed by atoms with Crippen LogP contribution in [0.15, 0.2) is 35.7 Å². The highest BCUT2D eigenvalue weighted by Crippen LogP contribution is 2.21. The van der Waals surface area contributed by atoms with Gasteiger partial charge in [0.15, 0.2) is 5.11 Å². The Morgan fingerprint density at radius 2 is 2.04 bits per heavy atom. The van der Waals surface area contributed by atoms with Gasteiger partial charge in [-0.2, -0.15) is 0 Å². The standard InChI is InChI=1S/C18H24ClN3S2/c1-14-7-8-15(12-17(14)19)20-18(23)22(10-5-9-21(2)3)13-16-6-4-11-24-16/h4,6-8,11-12H,5,9-10,13H2,1-3H3,(H,20,23). The average Bonchev–Trinajstić information content (AvgIpc) is 3.02. The number of aryl methyl sites for hydroxylation is 1. The first-order valence-corrected chi connectivity index (χ1v) is 9.61. The predicted octanol–water partition coefficient (Wildman–Crippen LogP) is 4.86. The van der Waals surface area contributed by atoms with Gasteiger partial charge in [0.25, 0.3) is 0 Å². The fraction of sp³-hybridized carbons (Fsp3) is 0.389. The second-order valence-corrected chi connectivity index (χ2v) is 7.88. The van der Waals surface area contributed by atoms with Crippen LogP contribution in [0.4, 0.5) is 5.69 Å². The van der Waals surface area contributed by atoms with Gasteiger partial charge in [0.1, 0.15) is 0 Å². The molecule has 0 saturated heterocycles. The molecule has 24 heavy (non-hydrogen) atoms. The van der Waals surface area contributed by atoms with E-state index < -0.39 is 0 Å². The monoisotopic (exact) mass is 381 g/mol. The Kier molecular flexibility index (Phi) is 7.49. The molecule has 0 aliphatic carbocycles. The molecule has 1 heterocycles. The SMILES string of the molecule is Cc1ccc(NC(=S)N(CCCN(C)C)Cc2cccs2)cc1Cl. The largest absolute Gasteiger partial charge is 0.344 e. The maximum atomic E-state index is 6.21. The zero-order valence-electron chi connectivity index (χ0n) is 14.4. The van der Waals surface area contributed by atoms with Crippen LogP contribution in [0.5, 0.6) is 0 Å². The molecule has 0 fully saturated rings. The molecule has 6 heteroatoms. The van der Waals surface area contributed by atoms with Crippen LogP contribution in [0.1, 0.15) is 16.9 Å². The lowest BCUT2D eigenvalue weighted by atomic mass is 10.2. The lowest BCUT2D eigenvalue weighted by Gasteiger charge is -2.26. The van der Waals surface area contributed by atoms with Gasteiger partial charge in [-0.3, -0.25) is 0 Å². The van der Waals surface area contributed by atoms with Crippen molar-refractivity contribution in [3.63, 3.8) is 0 Å². The smallest absolute Gasteiger partial charge is 0.173 e. The van der Waals surface area contributed by atoms with Gasteiger partial charge in [0.2, 0.25) is 0 Å². The van der Waals surface area contributed by atoms with Gasteiger partial charge in [-0.1, -0.05) is 23.7 Å². The third-order valence-electron chi connectivity index (χ3n) is 3.67. The number of nitrogens with zero attached hydrogens (tertiary/aromatic N) is 2. The van der Waals surface area contributed by atoms with Gasteiger partial charge < -0.3 is 15.1 Å². The molecular formula is C18H24ClN3S2. The molecule has 0 saturated carbocycles. The van der Waals surface area contributed by atoms with E-state index in [-0.39, 0.29) is 0 Å². The van der Waals surface area contributed by atoms with Crippen LogP contribution in [0.25, 0.3) is 0 Å². The lowest BCUT2D eigenvalue weighted by molar-refractivity contribution is 0.347. The van der Waals surface area contributed by atoms with E-state index in [2.05, 4.69) is 46.7 Å². The molecule has 2 aromatic rings. The zero-order chi connectivity index (χ0) is 17.5. The third kappa shape index (κ3) is 6.06. The van der Waals surface area contributed by atoms with Gasteiger partial charge in [0, 0.05) is 22.1 Å². The maximum absolute atomic E-state index is 6.21. The van der Waals surface area contributed by atoms with Crippen molar-refractivity contribution >= 4 is 46.0 Å². The van der Waals surface area contributed by atoms with Gasteiger partial charge in [-0.05, 0) is 75.3 Å². The molecule has 1 N–H and O–H groups in total. The van der Waals surface area contributed by atoms with E-state index in [0.717, 1.165) is 47.4 Å². The highest BCUT2D eigenvalue weighted by atomic mass is 35.5. The number of halogens is 1. The van der Waals surface area contributed by atoms with Crippen LogP contribution in [0.2, 0.25) is 5.02 Å². The minimum Gasteiger partial charge on any atom is -0.344 e. The van der Waals surface area contributed by atoms with E-state index in [4.69, 9.17) is 23.8 Å². The fourth-order valence-electron chi connectivity index (χ4n) is 2.29. The Labute approximate surface area is 159 Å². The van der Waals surface area contributed by atoms with Crippen LogP contribution in [0, 0.1) is 6.92 Å². The molecule has 0 aliphatic heterocycles. The summed E-state index contributed by atoms with van der Waals surface area (Å²) in [6.07, 6.45) is 1.06. The molecule has 3 nitrogen and oxygen atoms in total. The van der Waals surface area contributed by atoms with E-state index in [1.807, 2.05) is 25.1 Å². The number of anilines is 1. The molecule has 0 atom stereocenters. The lowest BCUT2D eigenvalue weighted by Crippen LogP contribution is -2.36. The van der Waals surface area contributed by atoms with Crippen molar-refractivity contribution < 1.29 is 0 Å².